The lowest BCUT2D eigenvalue weighted by atomic mass is 9.90. The summed E-state index contributed by atoms with van der Waals surface area (Å²) in [5, 5.41) is 8.62. The minimum atomic E-state index is -4.60. The first kappa shape index (κ1) is 26.8. The predicted molar refractivity (Wildman–Crippen MR) is 130 cm³/mol. The maximum absolute atomic E-state index is 13.1. The Balaban J connectivity index is 1.63. The zero-order valence-corrected chi connectivity index (χ0v) is 21.9. The molecule has 3 aromatic heterocycles. The number of aromatic nitrogens is 5. The van der Waals surface area contributed by atoms with Crippen molar-refractivity contribution in [3.63, 3.8) is 0 Å². The van der Waals surface area contributed by atoms with Crippen molar-refractivity contribution in [2.75, 3.05) is 19.3 Å². The van der Waals surface area contributed by atoms with E-state index in [-0.39, 0.29) is 29.5 Å². The van der Waals surface area contributed by atoms with Crippen LogP contribution in [0.15, 0.2) is 27.8 Å². The summed E-state index contributed by atoms with van der Waals surface area (Å²) in [5.41, 5.74) is 0.136. The lowest BCUT2D eigenvalue weighted by Gasteiger charge is -2.33. The average molecular weight is 537 g/mol. The molecular formula is C24H27F3N6O3S. The highest BCUT2D eigenvalue weighted by molar-refractivity contribution is 7.98. The largest absolute Gasteiger partial charge is 0.444 e. The van der Waals surface area contributed by atoms with Gasteiger partial charge in [0.1, 0.15) is 17.0 Å². The summed E-state index contributed by atoms with van der Waals surface area (Å²) < 4.78 is 50.6. The second-order valence-electron chi connectivity index (χ2n) is 9.62. The number of thioether (sulfide) groups is 1. The monoisotopic (exact) mass is 536 g/mol. The fraction of sp³-hybridized carbons (Fsp3) is 0.500. The Morgan fingerprint density at radius 3 is 2.38 bits per heavy atom. The lowest BCUT2D eigenvalue weighted by molar-refractivity contribution is -0.141. The number of alkyl halides is 3. The van der Waals surface area contributed by atoms with Gasteiger partial charge in [0.2, 0.25) is 0 Å². The molecule has 0 saturated carbocycles. The van der Waals surface area contributed by atoms with Gasteiger partial charge >= 0.3 is 12.3 Å². The number of likely N-dealkylation sites (tertiary alicyclic amines) is 1. The first-order valence-corrected chi connectivity index (χ1v) is 12.9. The van der Waals surface area contributed by atoms with Crippen LogP contribution in [0.25, 0.3) is 23.0 Å². The summed E-state index contributed by atoms with van der Waals surface area (Å²) in [4.78, 5) is 27.0. The topological polar surface area (TPSA) is 107 Å². The van der Waals surface area contributed by atoms with Crippen molar-refractivity contribution in [3.05, 3.63) is 35.3 Å². The molecule has 1 saturated heterocycles. The fourth-order valence-corrected chi connectivity index (χ4v) is 4.44. The molecule has 9 nitrogen and oxygen atoms in total. The maximum atomic E-state index is 13.1. The molecule has 13 heteroatoms. The zero-order valence-electron chi connectivity index (χ0n) is 21.1. The molecule has 3 aromatic rings. The summed E-state index contributed by atoms with van der Waals surface area (Å²) in [6, 6.07) is 3.49. The van der Waals surface area contributed by atoms with Crippen molar-refractivity contribution < 1.29 is 27.1 Å². The molecule has 0 spiro atoms. The maximum Gasteiger partial charge on any atom is 0.433 e. The molecule has 0 radical (unpaired) electrons. The van der Waals surface area contributed by atoms with Crippen LogP contribution in [0.5, 0.6) is 0 Å². The molecule has 0 aliphatic carbocycles. The highest BCUT2D eigenvalue weighted by Crippen LogP contribution is 2.37. The van der Waals surface area contributed by atoms with Gasteiger partial charge in [0, 0.05) is 19.0 Å². The van der Waals surface area contributed by atoms with E-state index in [1.54, 1.807) is 11.8 Å². The minimum Gasteiger partial charge on any atom is -0.444 e. The smallest absolute Gasteiger partial charge is 0.433 e. The highest BCUT2D eigenvalue weighted by atomic mass is 32.2. The number of carbonyl (C=O) groups is 1. The standard InChI is InChI=1S/C24H27F3N6O3S/c1-13-17(20-32-31-19(35-20)15-7-6-8-16(29-15)24(25,26)27)18(30-21(28-13)37-5)14-9-11-33(12-10-14)22(34)36-23(2,3)4/h6-8,14H,9-12H2,1-5H3. The Morgan fingerprint density at radius 1 is 1.08 bits per heavy atom. The third-order valence-corrected chi connectivity index (χ3v) is 6.26. The normalized spacial score (nSPS) is 15.2. The van der Waals surface area contributed by atoms with Gasteiger partial charge in [-0.25, -0.2) is 19.7 Å². The first-order valence-electron chi connectivity index (χ1n) is 11.6. The number of nitrogens with zero attached hydrogens (tertiary/aromatic N) is 6. The van der Waals surface area contributed by atoms with Crippen molar-refractivity contribution in [1.29, 1.82) is 0 Å². The number of hydrogen-bond donors (Lipinski definition) is 0. The van der Waals surface area contributed by atoms with E-state index in [0.29, 0.717) is 48.0 Å². The van der Waals surface area contributed by atoms with Crippen LogP contribution in [-0.4, -0.2) is 61.1 Å². The molecule has 198 valence electrons. The molecule has 0 unspecified atom stereocenters. The van der Waals surface area contributed by atoms with Gasteiger partial charge in [0.25, 0.3) is 11.8 Å². The number of halogens is 3. The van der Waals surface area contributed by atoms with Crippen molar-refractivity contribution in [2.45, 2.75) is 63.4 Å². The van der Waals surface area contributed by atoms with Gasteiger partial charge < -0.3 is 14.1 Å². The van der Waals surface area contributed by atoms with Gasteiger partial charge in [-0.05, 0) is 58.9 Å². The molecule has 1 aliphatic rings. The Bertz CT molecular complexity index is 1280. The van der Waals surface area contributed by atoms with Crippen LogP contribution in [0, 0.1) is 6.92 Å². The molecule has 1 aliphatic heterocycles. The molecule has 0 N–H and O–H groups in total. The average Bonchev–Trinajstić information content (AvgIpc) is 3.32. The summed E-state index contributed by atoms with van der Waals surface area (Å²) in [5.74, 6) is -0.0626. The van der Waals surface area contributed by atoms with E-state index in [2.05, 4.69) is 20.2 Å². The molecule has 0 aromatic carbocycles. The quantitative estimate of drug-likeness (QED) is 0.304. The number of hydrogen-bond acceptors (Lipinski definition) is 9. The van der Waals surface area contributed by atoms with Gasteiger partial charge in [-0.1, -0.05) is 17.8 Å². The molecule has 0 bridgehead atoms. The molecule has 1 fully saturated rings. The number of amides is 1. The number of carbonyl (C=O) groups excluding carboxylic acids is 1. The SMILES string of the molecule is CSc1nc(C)c(-c2nnc(-c3cccc(C(F)(F)F)n3)o2)c(C2CCN(C(=O)OC(C)(C)C)CC2)n1. The number of piperidine rings is 1. The van der Waals surface area contributed by atoms with E-state index in [0.717, 1.165) is 6.07 Å². The van der Waals surface area contributed by atoms with Crippen molar-refractivity contribution in [3.8, 4) is 23.0 Å². The molecule has 4 heterocycles. The van der Waals surface area contributed by atoms with E-state index in [1.165, 1.54) is 23.9 Å². The second kappa shape index (κ2) is 10.3. The van der Waals surface area contributed by atoms with Crippen LogP contribution in [0.1, 0.15) is 56.6 Å². The number of ether oxygens (including phenoxy) is 1. The summed E-state index contributed by atoms with van der Waals surface area (Å²) in [7, 11) is 0. The van der Waals surface area contributed by atoms with E-state index >= 15 is 0 Å². The van der Waals surface area contributed by atoms with Gasteiger partial charge in [-0.2, -0.15) is 13.2 Å². The third-order valence-electron chi connectivity index (χ3n) is 5.71. The highest BCUT2D eigenvalue weighted by Gasteiger charge is 2.34. The van der Waals surface area contributed by atoms with Gasteiger partial charge in [-0.15, -0.1) is 10.2 Å². The first-order chi connectivity index (χ1) is 17.4. The van der Waals surface area contributed by atoms with Crippen LogP contribution in [-0.2, 0) is 10.9 Å². The summed E-state index contributed by atoms with van der Waals surface area (Å²) in [6.07, 6.45) is -1.82. The molecule has 0 atom stereocenters. The molecule has 1 amide bonds. The summed E-state index contributed by atoms with van der Waals surface area (Å²) >= 11 is 1.39. The Morgan fingerprint density at radius 2 is 1.76 bits per heavy atom. The third kappa shape index (κ3) is 6.20. The van der Waals surface area contributed by atoms with Crippen molar-refractivity contribution in [1.82, 2.24) is 30.0 Å². The lowest BCUT2D eigenvalue weighted by Crippen LogP contribution is -2.41. The van der Waals surface area contributed by atoms with Crippen molar-refractivity contribution >= 4 is 17.9 Å². The molecule has 4 rings (SSSR count). The molecule has 37 heavy (non-hydrogen) atoms. The van der Waals surface area contributed by atoms with E-state index in [9.17, 15) is 18.0 Å². The second-order valence-corrected chi connectivity index (χ2v) is 10.4. The van der Waals surface area contributed by atoms with Crippen LogP contribution in [0.3, 0.4) is 0 Å². The zero-order chi connectivity index (χ0) is 27.0. The van der Waals surface area contributed by atoms with Crippen LogP contribution in [0.4, 0.5) is 18.0 Å². The van der Waals surface area contributed by atoms with Crippen molar-refractivity contribution in [2.24, 2.45) is 0 Å². The Kier molecular flexibility index (Phi) is 7.45. The van der Waals surface area contributed by atoms with Crippen LogP contribution < -0.4 is 0 Å². The summed E-state index contributed by atoms with van der Waals surface area (Å²) in [6.45, 7) is 8.24. The van der Waals surface area contributed by atoms with Gasteiger partial charge in [0.05, 0.1) is 17.0 Å². The van der Waals surface area contributed by atoms with Gasteiger partial charge in [0.15, 0.2) is 5.16 Å². The molecular weight excluding hydrogens is 509 g/mol. The van der Waals surface area contributed by atoms with E-state index < -0.39 is 17.5 Å². The Hall–Kier alpha value is -3.22. The Labute approximate surface area is 216 Å². The fourth-order valence-electron chi connectivity index (χ4n) is 4.02. The number of pyridine rings is 1. The van der Waals surface area contributed by atoms with Gasteiger partial charge in [-0.3, -0.25) is 0 Å². The van der Waals surface area contributed by atoms with E-state index in [1.807, 2.05) is 27.0 Å². The predicted octanol–water partition coefficient (Wildman–Crippen LogP) is 5.75. The minimum absolute atomic E-state index is 0.0247. The van der Waals surface area contributed by atoms with E-state index in [4.69, 9.17) is 14.1 Å². The van der Waals surface area contributed by atoms with Crippen LogP contribution in [0.2, 0.25) is 0 Å². The van der Waals surface area contributed by atoms with Crippen LogP contribution >= 0.6 is 11.8 Å². The number of aryl methyl sites for hydroxylation is 1. The number of rotatable bonds is 4.